The minimum Gasteiger partial charge on any atom is -0.462 e. The van der Waals surface area contributed by atoms with Gasteiger partial charge in [-0.2, -0.15) is 0 Å². The van der Waals surface area contributed by atoms with E-state index in [1.54, 1.807) is 0 Å². The van der Waals surface area contributed by atoms with Crippen LogP contribution in [0.5, 0.6) is 0 Å². The van der Waals surface area contributed by atoms with Crippen molar-refractivity contribution in [1.82, 2.24) is 0 Å². The first-order valence-corrected chi connectivity index (χ1v) is 33.9. The molecule has 0 radical (unpaired) electrons. The van der Waals surface area contributed by atoms with Gasteiger partial charge in [0.15, 0.2) is 12.2 Å². The van der Waals surface area contributed by atoms with E-state index in [0.717, 1.165) is 109 Å². The highest BCUT2D eigenvalue weighted by Gasteiger charge is 2.30. The molecule has 0 aromatic heterocycles. The van der Waals surface area contributed by atoms with Gasteiger partial charge in [-0.15, -0.1) is 0 Å². The monoisotopic (exact) mass is 1160 g/mol. The Morgan fingerprint density at radius 3 is 0.974 bits per heavy atom. The largest absolute Gasteiger partial charge is 0.472 e. The minimum atomic E-state index is -4.94. The smallest absolute Gasteiger partial charge is 0.462 e. The predicted octanol–water partition coefficient (Wildman–Crippen LogP) is 15.6. The summed E-state index contributed by atoms with van der Waals surface area (Å²) in [4.78, 5) is 71.8. The fourth-order valence-corrected chi connectivity index (χ4v) is 10.1. The molecule has 0 saturated carbocycles. The number of hydrogen-bond acceptors (Lipinski definition) is 15. The summed E-state index contributed by atoms with van der Waals surface area (Å²) < 4.78 is 67.7. The Balaban J connectivity index is 5.24. The average Bonchev–Trinajstić information content (AvgIpc) is 3.39. The minimum absolute atomic E-state index is 0.101. The van der Waals surface area contributed by atoms with Gasteiger partial charge in [0.25, 0.3) is 0 Å². The van der Waals surface area contributed by atoms with Crippen molar-refractivity contribution < 1.29 is 80.2 Å². The number of aliphatic hydroxyl groups excluding tert-OH is 1. The zero-order valence-electron chi connectivity index (χ0n) is 50.1. The average molecular weight is 1160 g/mol. The molecule has 3 N–H and O–H groups in total. The highest BCUT2D eigenvalue weighted by Crippen LogP contribution is 2.45. The summed E-state index contributed by atoms with van der Waals surface area (Å²) in [5, 5.41) is 10.5. The number of ether oxygens (including phenoxy) is 4. The third-order valence-corrected chi connectivity index (χ3v) is 15.6. The van der Waals surface area contributed by atoms with Gasteiger partial charge < -0.3 is 33.8 Å². The summed E-state index contributed by atoms with van der Waals surface area (Å²) >= 11 is 0. The van der Waals surface area contributed by atoms with Gasteiger partial charge in [0, 0.05) is 25.7 Å². The highest BCUT2D eigenvalue weighted by molar-refractivity contribution is 7.47. The molecular formula is C59H114O17P2. The highest BCUT2D eigenvalue weighted by atomic mass is 31.2. The first-order valence-electron chi connectivity index (χ1n) is 30.9. The number of rotatable bonds is 57. The van der Waals surface area contributed by atoms with Gasteiger partial charge in [-0.25, -0.2) is 9.13 Å². The van der Waals surface area contributed by atoms with Crippen LogP contribution in [-0.2, 0) is 65.4 Å². The molecule has 0 rings (SSSR count). The van der Waals surface area contributed by atoms with Gasteiger partial charge in [-0.1, -0.05) is 228 Å². The number of aliphatic hydroxyl groups is 1. The lowest BCUT2D eigenvalue weighted by molar-refractivity contribution is -0.161. The van der Waals surface area contributed by atoms with Crippen molar-refractivity contribution in [3.05, 3.63) is 0 Å². The molecule has 0 aliphatic rings. The van der Waals surface area contributed by atoms with E-state index >= 15 is 0 Å². The van der Waals surface area contributed by atoms with Crippen LogP contribution in [0.2, 0.25) is 0 Å². The molecule has 0 spiro atoms. The quantitative estimate of drug-likeness (QED) is 0.0222. The zero-order valence-corrected chi connectivity index (χ0v) is 51.9. The number of carbonyl (C=O) groups excluding carboxylic acids is 4. The Kier molecular flexibility index (Phi) is 49.5. The number of hydrogen-bond donors (Lipinski definition) is 3. The van der Waals surface area contributed by atoms with Crippen LogP contribution < -0.4 is 0 Å². The molecule has 0 bridgehead atoms. The third-order valence-electron chi connectivity index (χ3n) is 13.7. The predicted molar refractivity (Wildman–Crippen MR) is 308 cm³/mol. The molecule has 0 aliphatic heterocycles. The molecule has 6 atom stereocenters. The molecule has 78 heavy (non-hydrogen) atoms. The number of phosphoric ester groups is 2. The molecule has 17 nitrogen and oxygen atoms in total. The summed E-state index contributed by atoms with van der Waals surface area (Å²) in [6, 6.07) is 0. The van der Waals surface area contributed by atoms with E-state index in [9.17, 15) is 43.2 Å². The van der Waals surface area contributed by atoms with E-state index in [1.165, 1.54) is 77.0 Å². The van der Waals surface area contributed by atoms with E-state index in [2.05, 4.69) is 48.5 Å². The van der Waals surface area contributed by atoms with E-state index < -0.39 is 97.5 Å². The molecule has 19 heteroatoms. The van der Waals surface area contributed by atoms with Crippen molar-refractivity contribution in [2.24, 2.45) is 17.8 Å². The molecule has 0 heterocycles. The second kappa shape index (κ2) is 50.8. The van der Waals surface area contributed by atoms with Crippen LogP contribution in [0.25, 0.3) is 0 Å². The Morgan fingerprint density at radius 2 is 0.654 bits per heavy atom. The first kappa shape index (κ1) is 76.1. The molecule has 0 saturated heterocycles. The molecule has 0 aromatic carbocycles. The Bertz CT molecular complexity index is 1560. The van der Waals surface area contributed by atoms with Gasteiger partial charge in [0.2, 0.25) is 0 Å². The maximum atomic E-state index is 12.9. The van der Waals surface area contributed by atoms with Crippen LogP contribution in [0.4, 0.5) is 0 Å². The van der Waals surface area contributed by atoms with E-state index in [0.29, 0.717) is 37.5 Å². The maximum Gasteiger partial charge on any atom is 0.472 e. The molecule has 3 unspecified atom stereocenters. The van der Waals surface area contributed by atoms with Crippen molar-refractivity contribution in [3.63, 3.8) is 0 Å². The third kappa shape index (κ3) is 52.2. The Morgan fingerprint density at radius 1 is 0.372 bits per heavy atom. The SMILES string of the molecule is CCCCCCCCCCC(=O)OC[C@H](COP(=O)(O)OC[C@H](O)COP(=O)(O)OC[C@@H](COC(=O)CCCCCCCCC(C)C)OC(=O)CCCCCCCCCCC(C)CC)OC(=O)CCCCCCCCC(C)C. The number of carbonyl (C=O) groups is 4. The van der Waals surface area contributed by atoms with Gasteiger partial charge in [0.05, 0.1) is 26.4 Å². The van der Waals surface area contributed by atoms with Crippen molar-refractivity contribution in [3.8, 4) is 0 Å². The summed E-state index contributed by atoms with van der Waals surface area (Å²) in [5.41, 5.74) is 0. The second-order valence-electron chi connectivity index (χ2n) is 22.6. The lowest BCUT2D eigenvalue weighted by atomic mass is 9.99. The normalized spacial score (nSPS) is 14.9. The lowest BCUT2D eigenvalue weighted by Gasteiger charge is -2.21. The summed E-state index contributed by atoms with van der Waals surface area (Å²) in [6.07, 6.45) is 29.7. The zero-order chi connectivity index (χ0) is 58.1. The van der Waals surface area contributed by atoms with Gasteiger partial charge in [0.1, 0.15) is 19.3 Å². The molecule has 0 aromatic rings. The first-order chi connectivity index (χ1) is 37.3. The van der Waals surface area contributed by atoms with Crippen molar-refractivity contribution in [1.29, 1.82) is 0 Å². The topological polar surface area (TPSA) is 237 Å². The van der Waals surface area contributed by atoms with Crippen LogP contribution in [0.15, 0.2) is 0 Å². The molecule has 0 fully saturated rings. The van der Waals surface area contributed by atoms with Crippen molar-refractivity contribution in [2.45, 2.75) is 298 Å². The van der Waals surface area contributed by atoms with Crippen molar-refractivity contribution >= 4 is 39.5 Å². The molecule has 0 amide bonds. The Labute approximate surface area is 473 Å². The summed E-state index contributed by atoms with van der Waals surface area (Å²) in [7, 11) is -9.87. The second-order valence-corrected chi connectivity index (χ2v) is 25.5. The van der Waals surface area contributed by atoms with Gasteiger partial charge in [-0.3, -0.25) is 37.3 Å². The maximum absolute atomic E-state index is 12.9. The van der Waals surface area contributed by atoms with Crippen LogP contribution in [0.1, 0.15) is 280 Å². The fraction of sp³-hybridized carbons (Fsp3) is 0.932. The van der Waals surface area contributed by atoms with Gasteiger partial charge >= 0.3 is 39.5 Å². The number of unbranched alkanes of at least 4 members (excludes halogenated alkanes) is 24. The van der Waals surface area contributed by atoms with E-state index in [4.69, 9.17) is 37.0 Å². The summed E-state index contributed by atoms with van der Waals surface area (Å²) in [6.45, 7) is 11.5. The lowest BCUT2D eigenvalue weighted by Crippen LogP contribution is -2.30. The summed E-state index contributed by atoms with van der Waals surface area (Å²) in [5.74, 6) is -0.0336. The number of esters is 4. The number of phosphoric acid groups is 2. The van der Waals surface area contributed by atoms with E-state index in [-0.39, 0.29) is 25.7 Å². The van der Waals surface area contributed by atoms with Crippen LogP contribution >= 0.6 is 15.6 Å². The van der Waals surface area contributed by atoms with Crippen LogP contribution in [-0.4, -0.2) is 96.7 Å². The molecule has 0 aliphatic carbocycles. The van der Waals surface area contributed by atoms with E-state index in [1.807, 2.05) is 0 Å². The molecule has 462 valence electrons. The van der Waals surface area contributed by atoms with Gasteiger partial charge in [-0.05, 0) is 43.4 Å². The Hall–Kier alpha value is -1.94. The fourth-order valence-electron chi connectivity index (χ4n) is 8.56. The standard InChI is InChI=1S/C59H114O17P2/c1-8-10-11-12-13-17-26-33-40-56(61)69-46-55(76-59(64)43-36-29-22-20-24-31-38-51(5)6)49-74-78(67,68)72-45-53(60)44-71-77(65,66)73-48-54(47-70-57(62)41-34-27-21-19-23-30-37-50(3)4)75-58(63)42-35-28-18-15-14-16-25-32-39-52(7)9-2/h50-55,60H,8-49H2,1-7H3,(H,65,66)(H,67,68)/t52?,53-,54-,55-/m1/s1. The van der Waals surface area contributed by atoms with Crippen LogP contribution in [0, 0.1) is 17.8 Å². The van der Waals surface area contributed by atoms with Crippen LogP contribution in [0.3, 0.4) is 0 Å². The molecular weight excluding hydrogens is 1040 g/mol. The van der Waals surface area contributed by atoms with Crippen molar-refractivity contribution in [2.75, 3.05) is 39.6 Å².